The molecular formula is C19H20N6OS. The first-order chi connectivity index (χ1) is 13.1. The summed E-state index contributed by atoms with van der Waals surface area (Å²) in [6.07, 6.45) is 0.740. The lowest BCUT2D eigenvalue weighted by molar-refractivity contribution is 0.245. The molecule has 2 amide bonds. The van der Waals surface area contributed by atoms with Crippen molar-refractivity contribution in [3.05, 3.63) is 65.5 Å². The Balaban J connectivity index is 1.55. The Morgan fingerprint density at radius 2 is 1.96 bits per heavy atom. The van der Waals surface area contributed by atoms with Crippen LogP contribution in [0.5, 0.6) is 0 Å². The quantitative estimate of drug-likeness (QED) is 0.402. The molecule has 3 aromatic rings. The summed E-state index contributed by atoms with van der Waals surface area (Å²) in [5, 5.41) is 7.66. The fourth-order valence-corrected chi connectivity index (χ4v) is 3.02. The van der Waals surface area contributed by atoms with Gasteiger partial charge < -0.3 is 16.8 Å². The van der Waals surface area contributed by atoms with E-state index in [4.69, 9.17) is 11.5 Å². The molecule has 27 heavy (non-hydrogen) atoms. The molecule has 2 aromatic carbocycles. The number of carbonyl (C=O) groups is 1. The normalized spacial score (nSPS) is 11.2. The van der Waals surface area contributed by atoms with E-state index in [0.717, 1.165) is 23.2 Å². The summed E-state index contributed by atoms with van der Waals surface area (Å²) >= 11 is 1.37. The van der Waals surface area contributed by atoms with Crippen LogP contribution < -0.4 is 22.1 Å². The van der Waals surface area contributed by atoms with Crippen LogP contribution in [0.3, 0.4) is 0 Å². The van der Waals surface area contributed by atoms with Gasteiger partial charge in [0.1, 0.15) is 0 Å². The number of hydrogen-bond acceptors (Lipinski definition) is 5. The number of guanidine groups is 1. The van der Waals surface area contributed by atoms with Crippen molar-refractivity contribution < 1.29 is 4.79 Å². The van der Waals surface area contributed by atoms with Gasteiger partial charge in [-0.1, -0.05) is 42.5 Å². The molecule has 138 valence electrons. The standard InChI is InChI=1S/C19H20N6OS/c20-17(25-19(26)22-10-9-13-5-2-1-3-6-13)23-15-8-4-7-14(11-15)16-12-27-18(21)24-16/h1-8,11-12H,9-10H2,(H2,21,24)(H4,20,22,23,25,26). The van der Waals surface area contributed by atoms with Crippen molar-refractivity contribution >= 4 is 34.1 Å². The second-order valence-corrected chi connectivity index (χ2v) is 6.62. The molecule has 0 saturated heterocycles. The number of benzene rings is 2. The molecule has 0 bridgehead atoms. The van der Waals surface area contributed by atoms with Crippen LogP contribution >= 0.6 is 11.3 Å². The third kappa shape index (κ3) is 5.55. The minimum Gasteiger partial charge on any atom is -0.375 e. The zero-order valence-corrected chi connectivity index (χ0v) is 15.4. The van der Waals surface area contributed by atoms with Crippen LogP contribution in [0.1, 0.15) is 5.56 Å². The van der Waals surface area contributed by atoms with E-state index in [1.54, 1.807) is 6.07 Å². The number of aromatic nitrogens is 1. The molecule has 8 heteroatoms. The molecule has 3 rings (SSSR count). The number of hydrogen-bond donors (Lipinski definition) is 4. The van der Waals surface area contributed by atoms with Gasteiger partial charge in [0, 0.05) is 17.5 Å². The fraction of sp³-hybridized carbons (Fsp3) is 0.105. The maximum Gasteiger partial charge on any atom is 0.321 e. The highest BCUT2D eigenvalue weighted by Gasteiger charge is 2.05. The number of nitrogens with one attached hydrogen (secondary N) is 2. The maximum absolute atomic E-state index is 11.9. The van der Waals surface area contributed by atoms with Gasteiger partial charge in [-0.25, -0.2) is 14.8 Å². The second kappa shape index (κ2) is 8.81. The van der Waals surface area contributed by atoms with Gasteiger partial charge in [-0.3, -0.25) is 5.32 Å². The second-order valence-electron chi connectivity index (χ2n) is 5.73. The minimum atomic E-state index is -0.393. The summed E-state index contributed by atoms with van der Waals surface area (Å²) in [6.45, 7) is 0.504. The number of nitrogens with zero attached hydrogens (tertiary/aromatic N) is 2. The summed E-state index contributed by atoms with van der Waals surface area (Å²) in [7, 11) is 0. The molecule has 1 aromatic heterocycles. The Labute approximate surface area is 161 Å². The molecule has 0 aliphatic carbocycles. The minimum absolute atomic E-state index is 0.0159. The highest BCUT2D eigenvalue weighted by molar-refractivity contribution is 7.13. The van der Waals surface area contributed by atoms with Crippen molar-refractivity contribution in [2.24, 2.45) is 10.7 Å². The van der Waals surface area contributed by atoms with E-state index in [-0.39, 0.29) is 5.96 Å². The van der Waals surface area contributed by atoms with Gasteiger partial charge in [-0.2, -0.15) is 0 Å². The molecule has 0 radical (unpaired) electrons. The van der Waals surface area contributed by atoms with E-state index < -0.39 is 6.03 Å². The van der Waals surface area contributed by atoms with Crippen molar-refractivity contribution in [1.82, 2.24) is 15.6 Å². The Kier molecular flexibility index (Phi) is 6.01. The van der Waals surface area contributed by atoms with Crippen LogP contribution in [0.2, 0.25) is 0 Å². The van der Waals surface area contributed by atoms with Gasteiger partial charge in [-0.05, 0) is 24.1 Å². The summed E-state index contributed by atoms with van der Waals surface area (Å²) < 4.78 is 0. The van der Waals surface area contributed by atoms with Gasteiger partial charge in [0.2, 0.25) is 5.96 Å². The maximum atomic E-state index is 11.9. The number of anilines is 1. The Morgan fingerprint density at radius 1 is 1.15 bits per heavy atom. The summed E-state index contributed by atoms with van der Waals surface area (Å²) in [4.78, 5) is 20.4. The fourth-order valence-electron chi connectivity index (χ4n) is 2.45. The first-order valence-electron chi connectivity index (χ1n) is 8.34. The molecule has 0 spiro atoms. The number of rotatable bonds is 5. The molecule has 0 unspecified atom stereocenters. The Hall–Kier alpha value is -3.39. The predicted molar refractivity (Wildman–Crippen MR) is 110 cm³/mol. The van der Waals surface area contributed by atoms with E-state index in [2.05, 4.69) is 20.6 Å². The Bertz CT molecular complexity index is 938. The van der Waals surface area contributed by atoms with E-state index in [9.17, 15) is 4.79 Å². The number of nitrogens with two attached hydrogens (primary N) is 2. The van der Waals surface area contributed by atoms with Crippen molar-refractivity contribution in [2.75, 3.05) is 12.3 Å². The molecule has 0 atom stereocenters. The molecule has 0 saturated carbocycles. The average Bonchev–Trinajstić information content (AvgIpc) is 3.09. The number of aliphatic imine (C=N–C) groups is 1. The summed E-state index contributed by atoms with van der Waals surface area (Å²) in [6, 6.07) is 16.9. The van der Waals surface area contributed by atoms with Gasteiger partial charge >= 0.3 is 6.03 Å². The predicted octanol–water partition coefficient (Wildman–Crippen LogP) is 2.88. The first-order valence-corrected chi connectivity index (χ1v) is 9.22. The zero-order valence-electron chi connectivity index (χ0n) is 14.6. The van der Waals surface area contributed by atoms with E-state index in [1.165, 1.54) is 11.3 Å². The van der Waals surface area contributed by atoms with Gasteiger partial charge in [0.25, 0.3) is 0 Å². The monoisotopic (exact) mass is 380 g/mol. The number of carbonyl (C=O) groups excluding carboxylic acids is 1. The number of amides is 2. The van der Waals surface area contributed by atoms with Crippen LogP contribution in [-0.2, 0) is 6.42 Å². The zero-order chi connectivity index (χ0) is 19.1. The summed E-state index contributed by atoms with van der Waals surface area (Å²) in [5.74, 6) is 0.0159. The van der Waals surface area contributed by atoms with Crippen LogP contribution in [0, 0.1) is 0 Å². The Morgan fingerprint density at radius 3 is 2.70 bits per heavy atom. The number of urea groups is 1. The molecule has 1 heterocycles. The lowest BCUT2D eigenvalue weighted by atomic mass is 10.1. The van der Waals surface area contributed by atoms with E-state index in [0.29, 0.717) is 17.4 Å². The topological polar surface area (TPSA) is 118 Å². The smallest absolute Gasteiger partial charge is 0.321 e. The van der Waals surface area contributed by atoms with E-state index >= 15 is 0 Å². The van der Waals surface area contributed by atoms with Crippen molar-refractivity contribution in [3.8, 4) is 11.3 Å². The van der Waals surface area contributed by atoms with Crippen LogP contribution in [-0.4, -0.2) is 23.5 Å². The third-order valence-corrected chi connectivity index (χ3v) is 4.37. The highest BCUT2D eigenvalue weighted by Crippen LogP contribution is 2.26. The molecular weight excluding hydrogens is 360 g/mol. The first kappa shape index (κ1) is 18.4. The highest BCUT2D eigenvalue weighted by atomic mass is 32.1. The van der Waals surface area contributed by atoms with Crippen molar-refractivity contribution in [1.29, 1.82) is 0 Å². The summed E-state index contributed by atoms with van der Waals surface area (Å²) in [5.41, 5.74) is 14.9. The molecule has 7 nitrogen and oxygen atoms in total. The van der Waals surface area contributed by atoms with Crippen molar-refractivity contribution in [2.45, 2.75) is 6.42 Å². The van der Waals surface area contributed by atoms with Crippen molar-refractivity contribution in [3.63, 3.8) is 0 Å². The molecule has 0 aliphatic heterocycles. The lowest BCUT2D eigenvalue weighted by Gasteiger charge is -2.07. The lowest BCUT2D eigenvalue weighted by Crippen LogP contribution is -2.43. The number of thiazole rings is 1. The average molecular weight is 380 g/mol. The van der Waals surface area contributed by atoms with E-state index in [1.807, 2.05) is 53.9 Å². The largest absolute Gasteiger partial charge is 0.375 e. The van der Waals surface area contributed by atoms with Gasteiger partial charge in [0.05, 0.1) is 11.4 Å². The van der Waals surface area contributed by atoms with Gasteiger partial charge in [0.15, 0.2) is 5.13 Å². The van der Waals surface area contributed by atoms with Gasteiger partial charge in [-0.15, -0.1) is 11.3 Å². The van der Waals surface area contributed by atoms with Crippen LogP contribution in [0.15, 0.2) is 65.0 Å². The number of nitrogen functional groups attached to an aromatic ring is 1. The third-order valence-electron chi connectivity index (χ3n) is 3.70. The van der Waals surface area contributed by atoms with Crippen LogP contribution in [0.4, 0.5) is 15.6 Å². The molecule has 0 aliphatic rings. The van der Waals surface area contributed by atoms with Crippen LogP contribution in [0.25, 0.3) is 11.3 Å². The SMILES string of the molecule is NC(=Nc1cccc(-c2csc(N)n2)c1)NC(=O)NCCc1ccccc1. The molecule has 0 fully saturated rings. The molecule has 6 N–H and O–H groups in total.